The van der Waals surface area contributed by atoms with Crippen LogP contribution >= 0.6 is 0 Å². The van der Waals surface area contributed by atoms with Crippen LogP contribution in [0.5, 0.6) is 0 Å². The lowest BCUT2D eigenvalue weighted by atomic mass is 9.55. The number of fused-ring (bicyclic) bond motifs is 1. The largest absolute Gasteiger partial charge is 0.327 e. The second-order valence-electron chi connectivity index (χ2n) is 5.81. The Bertz CT molecular complexity index is 377. The number of hydrogen-bond donors (Lipinski definition) is 1. The Morgan fingerprint density at radius 3 is 2.40 bits per heavy atom. The summed E-state index contributed by atoms with van der Waals surface area (Å²) in [5.41, 5.74) is 9.51. The van der Waals surface area contributed by atoms with E-state index in [1.54, 1.807) is 0 Å². The van der Waals surface area contributed by atoms with Crippen molar-refractivity contribution in [2.75, 3.05) is 0 Å². The molecule has 1 aromatic rings. The summed E-state index contributed by atoms with van der Waals surface area (Å²) in [5.74, 6) is 0. The zero-order chi connectivity index (χ0) is 11.3. The molecule has 0 spiro atoms. The minimum atomic E-state index is 0.154. The Morgan fingerprint density at radius 1 is 1.13 bits per heavy atom. The summed E-state index contributed by atoms with van der Waals surface area (Å²) >= 11 is 0. The van der Waals surface area contributed by atoms with E-state index in [0.717, 1.165) is 6.42 Å². The van der Waals surface area contributed by atoms with E-state index >= 15 is 0 Å². The van der Waals surface area contributed by atoms with Crippen molar-refractivity contribution >= 4 is 0 Å². The van der Waals surface area contributed by atoms with Gasteiger partial charge in [-0.15, -0.1) is 0 Å². The Labute approximate surface area is 92.7 Å². The van der Waals surface area contributed by atoms with E-state index in [1.165, 1.54) is 11.1 Å². The maximum Gasteiger partial charge on any atom is 0.0139 e. The van der Waals surface area contributed by atoms with Gasteiger partial charge in [-0.2, -0.15) is 0 Å². The molecule has 0 saturated carbocycles. The highest BCUT2D eigenvalue weighted by Crippen LogP contribution is 2.48. The molecule has 1 aliphatic carbocycles. The normalized spacial score (nSPS) is 27.1. The third kappa shape index (κ3) is 1.33. The quantitative estimate of drug-likeness (QED) is 0.689. The highest BCUT2D eigenvalue weighted by Gasteiger charge is 2.46. The molecule has 0 amide bonds. The van der Waals surface area contributed by atoms with Crippen LogP contribution in [0.4, 0.5) is 0 Å². The van der Waals surface area contributed by atoms with E-state index < -0.39 is 0 Å². The Kier molecular flexibility index (Phi) is 2.20. The molecular formula is C14H21N. The number of hydrogen-bond acceptors (Lipinski definition) is 1. The molecule has 1 aliphatic rings. The monoisotopic (exact) mass is 203 g/mol. The van der Waals surface area contributed by atoms with Crippen molar-refractivity contribution in [2.45, 2.75) is 45.6 Å². The molecule has 0 aromatic heterocycles. The van der Waals surface area contributed by atoms with Gasteiger partial charge in [0.25, 0.3) is 0 Å². The van der Waals surface area contributed by atoms with Gasteiger partial charge in [0.15, 0.2) is 0 Å². The molecule has 1 heteroatoms. The molecule has 0 saturated heterocycles. The van der Waals surface area contributed by atoms with E-state index in [1.807, 2.05) is 0 Å². The van der Waals surface area contributed by atoms with Crippen LogP contribution in [0, 0.1) is 5.41 Å². The average Bonchev–Trinajstić information content (AvgIpc) is 2.16. The van der Waals surface area contributed by atoms with Crippen LogP contribution in [-0.4, -0.2) is 6.04 Å². The second kappa shape index (κ2) is 3.08. The van der Waals surface area contributed by atoms with Crippen molar-refractivity contribution in [1.82, 2.24) is 0 Å². The summed E-state index contributed by atoms with van der Waals surface area (Å²) in [5, 5.41) is 0. The third-order valence-electron chi connectivity index (χ3n) is 4.67. The number of nitrogens with two attached hydrogens (primary N) is 1. The van der Waals surface area contributed by atoms with Crippen LogP contribution < -0.4 is 5.73 Å². The first kappa shape index (κ1) is 10.7. The van der Waals surface area contributed by atoms with Crippen LogP contribution in [0.15, 0.2) is 24.3 Å². The van der Waals surface area contributed by atoms with E-state index in [-0.39, 0.29) is 16.9 Å². The smallest absolute Gasteiger partial charge is 0.0139 e. The summed E-state index contributed by atoms with van der Waals surface area (Å²) in [6.07, 6.45) is 1.01. The zero-order valence-electron chi connectivity index (χ0n) is 10.2. The van der Waals surface area contributed by atoms with E-state index in [4.69, 9.17) is 5.73 Å². The van der Waals surface area contributed by atoms with Gasteiger partial charge in [-0.3, -0.25) is 0 Å². The predicted octanol–water partition coefficient (Wildman–Crippen LogP) is 2.87. The summed E-state index contributed by atoms with van der Waals surface area (Å²) in [7, 11) is 0. The van der Waals surface area contributed by atoms with E-state index in [2.05, 4.69) is 52.0 Å². The van der Waals surface area contributed by atoms with Gasteiger partial charge >= 0.3 is 0 Å². The summed E-state index contributed by atoms with van der Waals surface area (Å²) in [4.78, 5) is 0. The average molecular weight is 203 g/mol. The molecule has 1 aromatic carbocycles. The fourth-order valence-electron chi connectivity index (χ4n) is 2.61. The Hall–Kier alpha value is -0.820. The molecule has 0 heterocycles. The number of rotatable bonds is 0. The molecule has 15 heavy (non-hydrogen) atoms. The first-order valence-electron chi connectivity index (χ1n) is 5.71. The highest BCUT2D eigenvalue weighted by molar-refractivity contribution is 5.39. The van der Waals surface area contributed by atoms with Crippen molar-refractivity contribution in [1.29, 1.82) is 0 Å². The lowest BCUT2D eigenvalue weighted by molar-refractivity contribution is 0.135. The number of benzene rings is 1. The van der Waals surface area contributed by atoms with Crippen LogP contribution in [0.2, 0.25) is 0 Å². The van der Waals surface area contributed by atoms with Gasteiger partial charge in [-0.25, -0.2) is 0 Å². The molecule has 2 N–H and O–H groups in total. The van der Waals surface area contributed by atoms with Gasteiger partial charge < -0.3 is 5.73 Å². The first-order valence-corrected chi connectivity index (χ1v) is 5.71. The van der Waals surface area contributed by atoms with Crippen LogP contribution in [-0.2, 0) is 11.8 Å². The molecule has 82 valence electrons. The highest BCUT2D eigenvalue weighted by atomic mass is 14.7. The van der Waals surface area contributed by atoms with Gasteiger partial charge in [-0.1, -0.05) is 52.0 Å². The molecule has 0 bridgehead atoms. The standard InChI is InChI=1S/C14H21N/c1-13(2)11-8-6-5-7-10(11)9-12(15)14(13,3)4/h5-8,12H,9,15H2,1-4H3. The van der Waals surface area contributed by atoms with Crippen molar-refractivity contribution in [2.24, 2.45) is 11.1 Å². The summed E-state index contributed by atoms with van der Waals surface area (Å²) < 4.78 is 0. The van der Waals surface area contributed by atoms with Crippen molar-refractivity contribution < 1.29 is 0 Å². The molecule has 1 unspecified atom stereocenters. The van der Waals surface area contributed by atoms with Crippen LogP contribution in [0.1, 0.15) is 38.8 Å². The molecule has 0 fully saturated rings. The van der Waals surface area contributed by atoms with Crippen molar-refractivity contribution in [3.8, 4) is 0 Å². The molecular weight excluding hydrogens is 182 g/mol. The van der Waals surface area contributed by atoms with Gasteiger partial charge in [-0.05, 0) is 28.4 Å². The van der Waals surface area contributed by atoms with Gasteiger partial charge in [0, 0.05) is 6.04 Å². The fourth-order valence-corrected chi connectivity index (χ4v) is 2.61. The molecule has 0 aliphatic heterocycles. The summed E-state index contributed by atoms with van der Waals surface area (Å²) in [6, 6.07) is 8.96. The molecule has 2 rings (SSSR count). The topological polar surface area (TPSA) is 26.0 Å². The first-order chi connectivity index (χ1) is 6.87. The van der Waals surface area contributed by atoms with Crippen LogP contribution in [0.3, 0.4) is 0 Å². The Morgan fingerprint density at radius 2 is 1.73 bits per heavy atom. The Balaban J connectivity index is 2.61. The lowest BCUT2D eigenvalue weighted by Gasteiger charge is -2.50. The van der Waals surface area contributed by atoms with E-state index in [0.29, 0.717) is 0 Å². The van der Waals surface area contributed by atoms with Gasteiger partial charge in [0.2, 0.25) is 0 Å². The minimum Gasteiger partial charge on any atom is -0.327 e. The van der Waals surface area contributed by atoms with Gasteiger partial charge in [0.05, 0.1) is 0 Å². The van der Waals surface area contributed by atoms with Crippen molar-refractivity contribution in [3.63, 3.8) is 0 Å². The third-order valence-corrected chi connectivity index (χ3v) is 4.67. The lowest BCUT2D eigenvalue weighted by Crippen LogP contribution is -2.54. The SMILES string of the molecule is CC1(C)c2ccccc2CC(N)C1(C)C. The van der Waals surface area contributed by atoms with Crippen LogP contribution in [0.25, 0.3) is 0 Å². The second-order valence-corrected chi connectivity index (χ2v) is 5.81. The molecule has 0 radical (unpaired) electrons. The fraction of sp³-hybridized carbons (Fsp3) is 0.571. The molecule has 1 atom stereocenters. The van der Waals surface area contributed by atoms with Gasteiger partial charge in [0.1, 0.15) is 0 Å². The summed E-state index contributed by atoms with van der Waals surface area (Å²) in [6.45, 7) is 9.19. The predicted molar refractivity (Wildman–Crippen MR) is 64.9 cm³/mol. The van der Waals surface area contributed by atoms with Crippen molar-refractivity contribution in [3.05, 3.63) is 35.4 Å². The zero-order valence-corrected chi connectivity index (χ0v) is 10.2. The maximum atomic E-state index is 6.30. The van der Waals surface area contributed by atoms with E-state index in [9.17, 15) is 0 Å². The maximum absolute atomic E-state index is 6.30. The molecule has 1 nitrogen and oxygen atoms in total. The minimum absolute atomic E-state index is 0.154.